The Hall–Kier alpha value is -0.947. The van der Waals surface area contributed by atoms with Crippen molar-refractivity contribution in [3.05, 3.63) is 41.5 Å². The van der Waals surface area contributed by atoms with Crippen LogP contribution in [0.4, 0.5) is 13.9 Å². The van der Waals surface area contributed by atoms with Crippen LogP contribution in [0.25, 0.3) is 21.6 Å². The monoisotopic (exact) mass is 439 g/mol. The molecule has 0 aliphatic heterocycles. The van der Waals surface area contributed by atoms with Crippen molar-refractivity contribution >= 4 is 50.0 Å². The Morgan fingerprint density at radius 1 is 1.04 bits per heavy atom. The first-order valence-electron chi connectivity index (χ1n) is 6.03. The maximum atomic E-state index is 14.2. The third kappa shape index (κ3) is 3.82. The average Bonchev–Trinajstić information content (AvgIpc) is 2.86. The van der Waals surface area contributed by atoms with Crippen LogP contribution in [-0.4, -0.2) is 29.0 Å². The van der Waals surface area contributed by atoms with Gasteiger partial charge in [-0.15, -0.1) is 0 Å². The molecule has 0 radical (unpaired) electrons. The van der Waals surface area contributed by atoms with E-state index in [0.29, 0.717) is 15.5 Å². The van der Waals surface area contributed by atoms with Crippen LogP contribution in [0, 0.1) is 19.1 Å². The van der Waals surface area contributed by atoms with Crippen LogP contribution in [-0.2, 0) is 19.5 Å². The number of halogens is 4. The molecule has 0 saturated carbocycles. The van der Waals surface area contributed by atoms with Crippen molar-refractivity contribution in [1.29, 1.82) is 0 Å². The molecule has 2 aromatic heterocycles. The molecule has 0 aliphatic rings. The summed E-state index contributed by atoms with van der Waals surface area (Å²) in [5.74, 6) is -1.43. The standard InChI is InChI=1S/C13H8Cl2F2N4S.CH3.Zn/c1-21(2)13-20-11-10(22-13)9(18-12(15)19-11)5-3-8(17)6(14)4-7(5)16;;/h3-4H,1-2H3;1H3;/q;-1;. The van der Waals surface area contributed by atoms with Gasteiger partial charge in [-0.3, -0.25) is 0 Å². The Bertz CT molecular complexity index is 889. The van der Waals surface area contributed by atoms with Crippen molar-refractivity contribution in [3.8, 4) is 11.3 Å². The molecule has 0 N–H and O–H groups in total. The van der Waals surface area contributed by atoms with E-state index in [-0.39, 0.29) is 48.5 Å². The molecular formula is C14H11Cl2F2N4SZn-. The maximum Gasteiger partial charge on any atom is 0.225 e. The van der Waals surface area contributed by atoms with Crippen molar-refractivity contribution < 1.29 is 28.3 Å². The number of benzene rings is 1. The largest absolute Gasteiger partial charge is 0.358 e. The van der Waals surface area contributed by atoms with Gasteiger partial charge in [0.15, 0.2) is 10.8 Å². The summed E-state index contributed by atoms with van der Waals surface area (Å²) in [5.41, 5.74) is 0.484. The van der Waals surface area contributed by atoms with Crippen molar-refractivity contribution in [2.75, 3.05) is 19.0 Å². The fourth-order valence-electron chi connectivity index (χ4n) is 1.86. The Labute approximate surface area is 164 Å². The summed E-state index contributed by atoms with van der Waals surface area (Å²) in [4.78, 5) is 14.1. The second kappa shape index (κ2) is 7.96. The molecule has 10 heteroatoms. The van der Waals surface area contributed by atoms with Crippen LogP contribution in [0.2, 0.25) is 10.3 Å². The molecule has 0 saturated heterocycles. The van der Waals surface area contributed by atoms with Gasteiger partial charge in [-0.2, -0.15) is 9.97 Å². The zero-order valence-corrected chi connectivity index (χ0v) is 18.4. The van der Waals surface area contributed by atoms with E-state index in [2.05, 4.69) is 15.0 Å². The number of thiazole rings is 1. The molecule has 124 valence electrons. The first-order chi connectivity index (χ1) is 10.4. The Kier molecular flexibility index (Phi) is 6.99. The molecule has 0 amide bonds. The van der Waals surface area contributed by atoms with Crippen molar-refractivity contribution in [2.24, 2.45) is 0 Å². The minimum atomic E-state index is -0.738. The molecule has 4 nitrogen and oxygen atoms in total. The van der Waals surface area contributed by atoms with Gasteiger partial charge in [0, 0.05) is 39.1 Å². The van der Waals surface area contributed by atoms with E-state index in [1.165, 1.54) is 11.3 Å². The third-order valence-electron chi connectivity index (χ3n) is 2.86. The van der Waals surface area contributed by atoms with Gasteiger partial charge >= 0.3 is 0 Å². The Morgan fingerprint density at radius 2 is 1.71 bits per heavy atom. The second-order valence-corrected chi connectivity index (χ2v) is 6.35. The summed E-state index contributed by atoms with van der Waals surface area (Å²) in [6.07, 6.45) is 0. The number of hydrogen-bond donors (Lipinski definition) is 0. The third-order valence-corrected chi connectivity index (χ3v) is 4.54. The summed E-state index contributed by atoms with van der Waals surface area (Å²) >= 11 is 12.7. The van der Waals surface area contributed by atoms with Crippen molar-refractivity contribution in [1.82, 2.24) is 15.0 Å². The summed E-state index contributed by atoms with van der Waals surface area (Å²) in [7, 11) is 3.63. The molecule has 3 aromatic rings. The average molecular weight is 442 g/mol. The normalized spacial score (nSPS) is 10.2. The molecule has 0 fully saturated rings. The zero-order valence-electron chi connectivity index (χ0n) is 13.1. The van der Waals surface area contributed by atoms with Gasteiger partial charge in [0.25, 0.3) is 0 Å². The summed E-state index contributed by atoms with van der Waals surface area (Å²) < 4.78 is 28.4. The van der Waals surface area contributed by atoms with E-state index >= 15 is 0 Å². The minimum absolute atomic E-state index is 0. The van der Waals surface area contributed by atoms with Gasteiger partial charge in [-0.05, 0) is 23.7 Å². The fraction of sp³-hybridized carbons (Fsp3) is 0.143. The van der Waals surface area contributed by atoms with Crippen molar-refractivity contribution in [2.45, 2.75) is 0 Å². The molecule has 2 heterocycles. The van der Waals surface area contributed by atoms with Gasteiger partial charge in [-0.25, -0.2) is 13.8 Å². The Morgan fingerprint density at radius 3 is 2.33 bits per heavy atom. The fourth-order valence-corrected chi connectivity index (χ4v) is 3.11. The quantitative estimate of drug-likeness (QED) is 0.247. The van der Waals surface area contributed by atoms with Gasteiger partial charge < -0.3 is 12.3 Å². The van der Waals surface area contributed by atoms with E-state index in [1.54, 1.807) is 4.90 Å². The molecular weight excluding hydrogens is 431 g/mol. The SMILES string of the molecule is CN(C)c1nc2nc(Cl)nc(-c3cc(F)c(Cl)cc3F)c2s1.[CH3-].[Zn]. The summed E-state index contributed by atoms with van der Waals surface area (Å²) in [5, 5.41) is 0.270. The molecule has 0 bridgehead atoms. The molecule has 0 spiro atoms. The van der Waals surface area contributed by atoms with Crippen molar-refractivity contribution in [3.63, 3.8) is 0 Å². The van der Waals surface area contributed by atoms with Crippen LogP contribution >= 0.6 is 34.5 Å². The van der Waals surface area contributed by atoms with Crippen LogP contribution in [0.3, 0.4) is 0 Å². The van der Waals surface area contributed by atoms with E-state index in [0.717, 1.165) is 12.1 Å². The zero-order chi connectivity index (χ0) is 16.0. The number of hydrogen-bond acceptors (Lipinski definition) is 5. The maximum absolute atomic E-state index is 14.2. The summed E-state index contributed by atoms with van der Waals surface area (Å²) in [6.45, 7) is 0. The topological polar surface area (TPSA) is 41.9 Å². The van der Waals surface area contributed by atoms with E-state index in [4.69, 9.17) is 23.2 Å². The molecule has 0 unspecified atom stereocenters. The van der Waals surface area contributed by atoms with E-state index < -0.39 is 11.6 Å². The first-order valence-corrected chi connectivity index (χ1v) is 7.60. The Balaban J connectivity index is 0.00000144. The second-order valence-electron chi connectivity index (χ2n) is 4.63. The summed E-state index contributed by atoms with van der Waals surface area (Å²) in [6, 6.07) is 1.90. The van der Waals surface area contributed by atoms with Crippen LogP contribution in [0.1, 0.15) is 0 Å². The van der Waals surface area contributed by atoms with Crippen LogP contribution < -0.4 is 4.90 Å². The van der Waals surface area contributed by atoms with Gasteiger partial charge in [-0.1, -0.05) is 22.9 Å². The molecule has 0 atom stereocenters. The molecule has 3 rings (SSSR count). The minimum Gasteiger partial charge on any atom is -0.358 e. The van der Waals surface area contributed by atoms with Crippen LogP contribution in [0.15, 0.2) is 12.1 Å². The number of rotatable bonds is 2. The van der Waals surface area contributed by atoms with E-state index in [1.807, 2.05) is 14.1 Å². The van der Waals surface area contributed by atoms with Gasteiger partial charge in [0.2, 0.25) is 5.28 Å². The van der Waals surface area contributed by atoms with Crippen LogP contribution in [0.5, 0.6) is 0 Å². The number of aromatic nitrogens is 3. The first kappa shape index (κ1) is 21.1. The number of fused-ring (bicyclic) bond motifs is 1. The molecule has 1 aromatic carbocycles. The molecule has 24 heavy (non-hydrogen) atoms. The predicted molar refractivity (Wildman–Crippen MR) is 91.3 cm³/mol. The smallest absolute Gasteiger partial charge is 0.225 e. The van der Waals surface area contributed by atoms with Gasteiger partial charge in [0.1, 0.15) is 16.3 Å². The number of nitrogens with zero attached hydrogens (tertiary/aromatic N) is 4. The van der Waals surface area contributed by atoms with E-state index in [9.17, 15) is 8.78 Å². The molecule has 0 aliphatic carbocycles. The number of anilines is 1. The predicted octanol–water partition coefficient (Wildman–Crippen LogP) is 4.85. The van der Waals surface area contributed by atoms with Gasteiger partial charge in [0.05, 0.1) is 10.7 Å².